The van der Waals surface area contributed by atoms with E-state index < -0.39 is 277 Å². The summed E-state index contributed by atoms with van der Waals surface area (Å²) in [5.41, 5.74) is -10.0. The number of nitrogens with one attached hydrogen (secondary N) is 4. The lowest BCUT2D eigenvalue weighted by molar-refractivity contribution is -0.115. The van der Waals surface area contributed by atoms with Crippen LogP contribution in [0.3, 0.4) is 0 Å². The van der Waals surface area contributed by atoms with Crippen molar-refractivity contribution in [2.24, 2.45) is 29.5 Å². The number of carbonyl (C=O) groups is 4. The molecule has 28 nitrogen and oxygen atoms in total. The third-order valence-corrected chi connectivity index (χ3v) is 23.4. The fraction of sp³-hybridized carbons (Fsp3) is 0.692. The highest BCUT2D eigenvalue weighted by atomic mass is 32.2. The molecule has 4 aromatic carbocycles. The highest BCUT2D eigenvalue weighted by molar-refractivity contribution is 7.89. The van der Waals surface area contributed by atoms with E-state index in [9.17, 15) is 52.8 Å². The van der Waals surface area contributed by atoms with Crippen LogP contribution in [0.25, 0.3) is 0 Å². The number of sulfonamides is 4. The van der Waals surface area contributed by atoms with Gasteiger partial charge in [-0.3, -0.25) is 38.8 Å². The maximum atomic E-state index is 13.6. The van der Waals surface area contributed by atoms with Crippen LogP contribution in [0.15, 0.2) is 96.8 Å². The Labute approximate surface area is 835 Å². The van der Waals surface area contributed by atoms with Crippen molar-refractivity contribution in [3.05, 3.63) is 96.8 Å². The van der Waals surface area contributed by atoms with Crippen LogP contribution in [-0.4, -0.2) is 302 Å². The maximum absolute atomic E-state index is 13.6. The number of amides is 4. The summed E-state index contributed by atoms with van der Waals surface area (Å²) in [6.07, 6.45) is -21.9. The van der Waals surface area contributed by atoms with E-state index in [4.69, 9.17) is 92.0 Å². The zero-order chi connectivity index (χ0) is 148. The average Bonchev–Trinajstić information content (AvgIpc) is 0.655. The summed E-state index contributed by atoms with van der Waals surface area (Å²) in [6.45, 7) is -34.3. The van der Waals surface area contributed by atoms with Gasteiger partial charge in [0.2, 0.25) is 63.7 Å². The Hall–Kier alpha value is -6.56. The number of nitrogens with zero attached hydrogens (tertiary/aromatic N) is 12. The van der Waals surface area contributed by atoms with E-state index in [1.54, 1.807) is 34.3 Å². The normalized spacial score (nSPS) is 32.2. The molecule has 0 spiro atoms. The molecule has 32 heteroatoms. The van der Waals surface area contributed by atoms with Gasteiger partial charge in [0.1, 0.15) is 0 Å². The van der Waals surface area contributed by atoms with E-state index in [1.165, 1.54) is 4.90 Å². The fourth-order valence-electron chi connectivity index (χ4n) is 12.2. The van der Waals surface area contributed by atoms with Crippen molar-refractivity contribution in [2.45, 2.75) is 171 Å². The molecule has 5 atom stereocenters. The minimum Gasteiger partial charge on any atom is -0.369 e. The third kappa shape index (κ3) is 38.9. The minimum absolute atomic E-state index is 0.0437. The Morgan fingerprint density at radius 1 is 0.455 bits per heavy atom. The highest BCUT2D eigenvalue weighted by Gasteiger charge is 2.30. The van der Waals surface area contributed by atoms with Crippen molar-refractivity contribution >= 4 is 109 Å². The van der Waals surface area contributed by atoms with Gasteiger partial charge in [-0.15, -0.1) is 0 Å². The van der Waals surface area contributed by atoms with Crippen molar-refractivity contribution in [3.63, 3.8) is 0 Å². The number of piperazine rings is 4. The van der Waals surface area contributed by atoms with E-state index in [2.05, 4.69) is 0 Å². The first-order chi connectivity index (χ1) is 85.0. The van der Waals surface area contributed by atoms with Gasteiger partial charge in [0.25, 0.3) is 0 Å². The van der Waals surface area contributed by atoms with Gasteiger partial charge in [0.15, 0.2) is 5.65 Å². The smallest absolute Gasteiger partial charge is 0.221 e. The SMILES string of the molecule is [2H]c1cc([2H])c(N([2H])C(C)=O)c([2H])c1N1CCN(C([2H])([2H])CCCN(C([2H])([2H])[2H])S(=O)(=O)CC2C([2H])([2H])CCCC2([2H])[2H])CC1.[2H]c1cc([2H])c(N([2H])C(C)=O)c([2H])c1N1CCN(C([2H])CCC([2H])N(C([2H])([2H])[2H])S(=O)(=O)C([2H])([2H])C([2H])(C([2H])([2H])[2H])C([2H])([2H])[2H])CC1.[2H]c1cc([2H])c(N([2H])C(C)=O)c([2H])c1N1CCN(C([2H])CCCN(C([2H])([2H])[2H])S(=O)(=O)CC2([2H])C([2H])([2H])C([2H])([2H])C([2H])([2H])C([2H])(C)C2([2H])[2H])CC1.[2H]c1cc([2H])c(N([2H])C(C)=O)c([2H])c1N1CCN(CCCC([2H])([2H])N(C([2H])([2H])[2H])S(=O)(=O)C([2H])([2H])C([2H])(C([2H])([2H])[2H])C([2H])([2H])[2H])CC1. The number of carbonyl (C=O) groups excluding carboxylic acids is 4. The largest absolute Gasteiger partial charge is 0.369 e. The Kier molecular flexibility index (Phi) is 18.5. The summed E-state index contributed by atoms with van der Waals surface area (Å²) in [4.78, 5) is 59.8. The molecule has 4 aromatic rings. The second-order valence-corrected chi connectivity index (χ2v) is 34.7. The lowest BCUT2D eigenvalue weighted by Gasteiger charge is -2.36. The van der Waals surface area contributed by atoms with Crippen LogP contribution in [0.2, 0.25) is 5.65 Å². The Morgan fingerprint density at radius 2 is 0.837 bits per heavy atom. The lowest BCUT2D eigenvalue weighted by Crippen LogP contribution is -2.46. The van der Waals surface area contributed by atoms with Crippen molar-refractivity contribution < 1.29 is 145 Å². The average molecular weight is 1860 g/mol. The van der Waals surface area contributed by atoms with E-state index in [0.29, 0.717) is 28.2 Å². The van der Waals surface area contributed by atoms with Crippen LogP contribution in [0, 0.1) is 29.5 Å². The topological polar surface area (TPSA) is 292 Å². The van der Waals surface area contributed by atoms with E-state index >= 15 is 0 Å². The standard InChI is InChI=1S/C25H42N4O3S.C24H40N4O3S.2C21H36N4O3S/c1-21-8-6-9-23(18-21)20-33(31,32)27(3)12-4-5-13-28-14-16-29(17-15-28)25-11-7-10-24(19-25)26-22(2)30;1-21(29)25-23-11-8-12-24(19-23)28-17-15-27(16-18-28)14-7-6-13-26(2)32(30,31)20-22-9-4-3-5-10-22;2*1-18(2)17-29(27,28)23(4)10-5-6-11-24-12-14-25(15-13-24)21-9-7-8-20(16-21)22-19(3)26/h7,10-11,19,21,23H,4-6,8-9,12-18,20H2,1-3H3,(H,26,30);8,11-12,19,22H,3-7,9-10,13-18,20H2,1-2H3,(H,25,29);2*7-9,16,18H,5-6,10-15,17H2,1-4H3,(H,22,26)/i3D3,6D2,8D2,9D2,10D,11D,13D,18D2,19D,21D,23D;2D3,9D2,10D2,11D,12D,14D2,19D;1D3,2D3,4D3,8D,9D,10D,11D,16D,17D2,18D;1D3,2D3,4D3,8D,9D,10D2,16D,17D2,18D/hD4. The summed E-state index contributed by atoms with van der Waals surface area (Å²) in [5, 5.41) is 1.60. The number of anilines is 8. The first-order valence-corrected chi connectivity index (χ1v) is 45.1. The predicted octanol–water partition coefficient (Wildman–Crippen LogP) is 12.0. The molecular weight excluding hydrogens is 1640 g/mol. The van der Waals surface area contributed by atoms with Crippen LogP contribution in [0.1, 0.15) is 257 Å². The fourth-order valence-corrected chi connectivity index (χ4v) is 15.8. The molecular formula is C91H154N16O12S4. The first kappa shape index (κ1) is 43.2. The van der Waals surface area contributed by atoms with Crippen molar-refractivity contribution in [2.75, 3.05) is 249 Å². The van der Waals surface area contributed by atoms with E-state index in [1.807, 2.05) is 0 Å². The lowest BCUT2D eigenvalue weighted by atomic mass is 9.83. The van der Waals surface area contributed by atoms with Crippen LogP contribution < -0.4 is 40.8 Å². The molecule has 4 heterocycles. The van der Waals surface area contributed by atoms with Gasteiger partial charge in [-0.1, -0.05) is 90.6 Å². The van der Waals surface area contributed by atoms with Gasteiger partial charge in [-0.05, 0) is 205 Å². The number of hydrogen-bond donors (Lipinski definition) is 4. The summed E-state index contributed by atoms with van der Waals surface area (Å²) < 4.78 is 643. The first-order valence-electron chi connectivity index (χ1n) is 72.5. The van der Waals surface area contributed by atoms with Crippen LogP contribution in [0.4, 0.5) is 45.5 Å². The minimum atomic E-state index is -6.34. The van der Waals surface area contributed by atoms with Crippen LogP contribution in [-0.2, 0) is 59.3 Å². The molecule has 694 valence electrons. The molecule has 6 aliphatic rings. The molecule has 0 bridgehead atoms. The van der Waals surface area contributed by atoms with Crippen molar-refractivity contribution in [1.82, 2.24) is 36.8 Å². The van der Waals surface area contributed by atoms with Crippen LogP contribution >= 0.6 is 0 Å². The third-order valence-electron chi connectivity index (χ3n) is 18.1. The Bertz CT molecular complexity index is 7430. The highest BCUT2D eigenvalue weighted by Crippen LogP contribution is 2.32. The van der Waals surface area contributed by atoms with Gasteiger partial charge in [-0.2, -0.15) is 0 Å². The molecule has 4 saturated heterocycles. The molecule has 0 aromatic heterocycles. The molecule has 2 aliphatic carbocycles. The summed E-state index contributed by atoms with van der Waals surface area (Å²) in [7, 11) is -22.5. The zero-order valence-electron chi connectivity index (χ0n) is 136. The van der Waals surface area contributed by atoms with Crippen molar-refractivity contribution in [3.8, 4) is 0 Å². The van der Waals surface area contributed by atoms with Gasteiger partial charge < -0.3 is 40.8 Å². The molecule has 5 unspecified atom stereocenters. The molecule has 6 fully saturated rings. The Morgan fingerprint density at radius 3 is 1.24 bits per heavy atom. The monoisotopic (exact) mass is 1860 g/mol. The summed E-state index contributed by atoms with van der Waals surface area (Å²) in [5.74, 6) is -23.1. The van der Waals surface area contributed by atoms with Crippen molar-refractivity contribution in [1.29, 1.82) is 0 Å². The van der Waals surface area contributed by atoms with Gasteiger partial charge >= 0.3 is 0 Å². The van der Waals surface area contributed by atoms with E-state index in [-0.39, 0.29) is 296 Å². The molecule has 4 amide bonds. The molecule has 10 rings (SSSR count). The van der Waals surface area contributed by atoms with E-state index in [0.717, 1.165) is 52.0 Å². The molecule has 4 aliphatic heterocycles. The van der Waals surface area contributed by atoms with Gasteiger partial charge in [0, 0.05) is 302 Å². The number of benzene rings is 4. The second kappa shape index (κ2) is 52.7. The molecule has 0 radical (unpaired) electrons. The zero-order valence-corrected chi connectivity index (χ0v) is 72.2. The number of hydrogen-bond acceptors (Lipinski definition) is 20. The van der Waals surface area contributed by atoms with Gasteiger partial charge in [0.05, 0.1) is 39.4 Å². The second-order valence-electron chi connectivity index (χ2n) is 27.8. The van der Waals surface area contributed by atoms with Crippen LogP contribution in [0.5, 0.6) is 0 Å². The summed E-state index contributed by atoms with van der Waals surface area (Å²) in [6, 6.07) is 0.928. The van der Waals surface area contributed by atoms with Gasteiger partial charge in [-0.25, -0.2) is 50.9 Å². The Balaban J connectivity index is 0.000000337. The maximum Gasteiger partial charge on any atom is 0.221 e. The number of rotatable bonds is 40. The molecule has 4 N–H and O–H groups in total. The summed E-state index contributed by atoms with van der Waals surface area (Å²) >= 11 is 0. The quantitative estimate of drug-likeness (QED) is 0.0322. The predicted molar refractivity (Wildman–Crippen MR) is 508 cm³/mol. The molecule has 123 heavy (non-hydrogen) atoms. The molecule has 2 saturated carbocycles.